The van der Waals surface area contributed by atoms with Crippen molar-refractivity contribution in [2.24, 2.45) is 11.7 Å². The number of hydrogen-bond acceptors (Lipinski definition) is 3. The molecule has 0 aliphatic heterocycles. The van der Waals surface area contributed by atoms with Crippen LogP contribution in [0.3, 0.4) is 0 Å². The number of ether oxygens (including phenoxy) is 1. The van der Waals surface area contributed by atoms with E-state index in [9.17, 15) is 8.78 Å². The van der Waals surface area contributed by atoms with E-state index in [0.717, 1.165) is 0 Å². The molecule has 112 valence electrons. The Balaban J connectivity index is 3.15. The molecule has 0 fully saturated rings. The number of rotatable bonds is 7. The fraction of sp³-hybridized carbons (Fsp3) is 0.500. The number of nitrogens with two attached hydrogens (primary N) is 1. The lowest BCUT2D eigenvalue weighted by Gasteiger charge is -2.27. The minimum Gasteiger partial charge on any atom is -0.389 e. The maximum atomic E-state index is 14.2. The summed E-state index contributed by atoms with van der Waals surface area (Å²) >= 11 is 4.74. The van der Waals surface area contributed by atoms with E-state index in [1.54, 1.807) is 12.0 Å². The van der Waals surface area contributed by atoms with Crippen LogP contribution in [0.4, 0.5) is 14.5 Å². The van der Waals surface area contributed by atoms with Crippen LogP contribution >= 0.6 is 12.2 Å². The number of halogens is 2. The van der Waals surface area contributed by atoms with Crippen molar-refractivity contribution in [1.82, 2.24) is 0 Å². The summed E-state index contributed by atoms with van der Waals surface area (Å²) in [6.07, 6.45) is 0. The third kappa shape index (κ3) is 4.38. The predicted octanol–water partition coefficient (Wildman–Crippen LogP) is 2.71. The van der Waals surface area contributed by atoms with Crippen molar-refractivity contribution in [2.45, 2.75) is 13.8 Å². The van der Waals surface area contributed by atoms with Gasteiger partial charge in [-0.2, -0.15) is 0 Å². The molecule has 0 aliphatic rings. The lowest BCUT2D eigenvalue weighted by atomic mass is 10.1. The summed E-state index contributed by atoms with van der Waals surface area (Å²) < 4.78 is 33.3. The molecule has 0 atom stereocenters. The quantitative estimate of drug-likeness (QED) is 0.786. The van der Waals surface area contributed by atoms with Crippen molar-refractivity contribution >= 4 is 22.9 Å². The summed E-state index contributed by atoms with van der Waals surface area (Å²) in [7, 11) is 1.55. The summed E-state index contributed by atoms with van der Waals surface area (Å²) in [6, 6.07) is 2.34. The van der Waals surface area contributed by atoms with Gasteiger partial charge in [-0.15, -0.1) is 0 Å². The molecule has 20 heavy (non-hydrogen) atoms. The zero-order valence-corrected chi connectivity index (χ0v) is 12.8. The zero-order valence-electron chi connectivity index (χ0n) is 12.0. The number of anilines is 1. The van der Waals surface area contributed by atoms with Crippen molar-refractivity contribution < 1.29 is 13.5 Å². The fourth-order valence-electron chi connectivity index (χ4n) is 1.95. The van der Waals surface area contributed by atoms with Crippen LogP contribution in [0.25, 0.3) is 0 Å². The second-order valence-corrected chi connectivity index (χ2v) is 5.43. The van der Waals surface area contributed by atoms with Crippen molar-refractivity contribution in [2.75, 3.05) is 31.7 Å². The molecule has 3 nitrogen and oxygen atoms in total. The first-order valence-electron chi connectivity index (χ1n) is 6.39. The van der Waals surface area contributed by atoms with Gasteiger partial charge in [-0.05, 0) is 18.1 Å². The van der Waals surface area contributed by atoms with Gasteiger partial charge in [0.25, 0.3) is 0 Å². The molecule has 1 rings (SSSR count). The van der Waals surface area contributed by atoms with Crippen LogP contribution in [-0.4, -0.2) is 31.8 Å². The first-order valence-corrected chi connectivity index (χ1v) is 6.80. The lowest BCUT2D eigenvalue weighted by molar-refractivity contribution is 0.204. The van der Waals surface area contributed by atoms with Gasteiger partial charge in [-0.3, -0.25) is 0 Å². The van der Waals surface area contributed by atoms with Gasteiger partial charge in [-0.1, -0.05) is 26.1 Å². The topological polar surface area (TPSA) is 38.5 Å². The van der Waals surface area contributed by atoms with Gasteiger partial charge >= 0.3 is 0 Å². The molecule has 0 saturated heterocycles. The van der Waals surface area contributed by atoms with Gasteiger partial charge in [-0.25, -0.2) is 8.78 Å². The molecule has 0 bridgehead atoms. The minimum absolute atomic E-state index is 0.0262. The van der Waals surface area contributed by atoms with Gasteiger partial charge in [0.1, 0.15) is 22.3 Å². The van der Waals surface area contributed by atoms with Crippen LogP contribution in [0.5, 0.6) is 0 Å². The smallest absolute Gasteiger partial charge is 0.150 e. The molecule has 0 radical (unpaired) electrons. The second-order valence-electron chi connectivity index (χ2n) is 4.99. The van der Waals surface area contributed by atoms with Crippen LogP contribution in [-0.2, 0) is 4.74 Å². The standard InChI is InChI=1S/C14H20F2N2OS/c1-9(2)8-18(4-5-19-3)13-11(15)6-10(14(17)20)7-12(13)16/h6-7,9H,4-5,8H2,1-3H3,(H2,17,20). The van der Waals surface area contributed by atoms with Crippen LogP contribution in [0.15, 0.2) is 12.1 Å². The van der Waals surface area contributed by atoms with Crippen LogP contribution in [0.2, 0.25) is 0 Å². The summed E-state index contributed by atoms with van der Waals surface area (Å²) in [5.74, 6) is -1.06. The van der Waals surface area contributed by atoms with E-state index in [0.29, 0.717) is 19.7 Å². The highest BCUT2D eigenvalue weighted by Gasteiger charge is 2.19. The van der Waals surface area contributed by atoms with Crippen LogP contribution in [0.1, 0.15) is 19.4 Å². The Bertz CT molecular complexity index is 457. The molecule has 0 aromatic heterocycles. The monoisotopic (exact) mass is 302 g/mol. The van der Waals surface area contributed by atoms with E-state index in [2.05, 4.69) is 0 Å². The highest BCUT2D eigenvalue weighted by atomic mass is 32.1. The van der Waals surface area contributed by atoms with E-state index in [-0.39, 0.29) is 22.2 Å². The van der Waals surface area contributed by atoms with Gasteiger partial charge in [0.2, 0.25) is 0 Å². The minimum atomic E-state index is -0.662. The van der Waals surface area contributed by atoms with E-state index in [1.807, 2.05) is 13.8 Å². The molecule has 0 spiro atoms. The van der Waals surface area contributed by atoms with Gasteiger partial charge < -0.3 is 15.4 Å². The number of methoxy groups -OCH3 is 1. The third-order valence-electron chi connectivity index (χ3n) is 2.77. The van der Waals surface area contributed by atoms with Crippen molar-refractivity contribution in [3.8, 4) is 0 Å². The van der Waals surface area contributed by atoms with Crippen molar-refractivity contribution in [3.63, 3.8) is 0 Å². The number of hydrogen-bond donors (Lipinski definition) is 1. The average Bonchev–Trinajstić information content (AvgIpc) is 2.33. The number of thiocarbonyl (C=S) groups is 1. The Morgan fingerprint density at radius 1 is 1.35 bits per heavy atom. The predicted molar refractivity (Wildman–Crippen MR) is 81.2 cm³/mol. The second kappa shape index (κ2) is 7.50. The Labute approximate surface area is 123 Å². The summed E-state index contributed by atoms with van der Waals surface area (Å²) in [6.45, 7) is 5.30. The Hall–Kier alpha value is -1.27. The maximum Gasteiger partial charge on any atom is 0.150 e. The van der Waals surface area contributed by atoms with E-state index in [4.69, 9.17) is 22.7 Å². The number of benzene rings is 1. The van der Waals surface area contributed by atoms with Crippen molar-refractivity contribution in [3.05, 3.63) is 29.3 Å². The van der Waals surface area contributed by atoms with Crippen molar-refractivity contribution in [1.29, 1.82) is 0 Å². The highest BCUT2D eigenvalue weighted by molar-refractivity contribution is 7.80. The first-order chi connectivity index (χ1) is 9.36. The molecule has 0 heterocycles. The van der Waals surface area contributed by atoms with Gasteiger partial charge in [0.15, 0.2) is 0 Å². The SMILES string of the molecule is COCCN(CC(C)C)c1c(F)cc(C(N)=S)cc1F. The Morgan fingerprint density at radius 3 is 2.30 bits per heavy atom. The maximum absolute atomic E-state index is 14.2. The van der Waals surface area contributed by atoms with Crippen LogP contribution < -0.4 is 10.6 Å². The highest BCUT2D eigenvalue weighted by Crippen LogP contribution is 2.26. The fourth-order valence-corrected chi connectivity index (χ4v) is 2.06. The molecule has 0 amide bonds. The molecule has 1 aromatic carbocycles. The normalized spacial score (nSPS) is 10.9. The molecule has 6 heteroatoms. The lowest BCUT2D eigenvalue weighted by Crippen LogP contribution is -2.32. The third-order valence-corrected chi connectivity index (χ3v) is 3.00. The zero-order chi connectivity index (χ0) is 15.3. The molecule has 1 aromatic rings. The van der Waals surface area contributed by atoms with Gasteiger partial charge in [0.05, 0.1) is 6.61 Å². The van der Waals surface area contributed by atoms with Crippen LogP contribution in [0, 0.1) is 17.6 Å². The largest absolute Gasteiger partial charge is 0.389 e. The molecule has 0 aliphatic carbocycles. The van der Waals surface area contributed by atoms with E-state index < -0.39 is 11.6 Å². The molecular weight excluding hydrogens is 282 g/mol. The summed E-state index contributed by atoms with van der Waals surface area (Å²) in [4.78, 5) is 1.61. The first kappa shape index (κ1) is 16.8. The Kier molecular flexibility index (Phi) is 6.29. The number of nitrogens with zero attached hydrogens (tertiary/aromatic N) is 1. The molecule has 0 saturated carbocycles. The Morgan fingerprint density at radius 2 is 1.90 bits per heavy atom. The van der Waals surface area contributed by atoms with E-state index in [1.165, 1.54) is 12.1 Å². The molecule has 2 N–H and O–H groups in total. The molecule has 0 unspecified atom stereocenters. The molecular formula is C14H20F2N2OS. The van der Waals surface area contributed by atoms with Gasteiger partial charge in [0, 0.05) is 25.8 Å². The van der Waals surface area contributed by atoms with E-state index >= 15 is 0 Å². The summed E-state index contributed by atoms with van der Waals surface area (Å²) in [5, 5.41) is 0. The average molecular weight is 302 g/mol. The summed E-state index contributed by atoms with van der Waals surface area (Å²) in [5.41, 5.74) is 5.53.